The van der Waals surface area contributed by atoms with Crippen molar-refractivity contribution < 1.29 is 17.9 Å². The van der Waals surface area contributed by atoms with Crippen molar-refractivity contribution in [1.29, 1.82) is 0 Å². The summed E-state index contributed by atoms with van der Waals surface area (Å²) in [6, 6.07) is 8.94. The Morgan fingerprint density at radius 2 is 1.75 bits per heavy atom. The number of hydrogen-bond donors (Lipinski definition) is 0. The number of pyridine rings is 1. The molecule has 12 heteroatoms. The molecule has 1 aromatic carbocycles. The molecule has 166 valence electrons. The van der Waals surface area contributed by atoms with Crippen LogP contribution in [0.2, 0.25) is 5.15 Å². The van der Waals surface area contributed by atoms with E-state index in [0.717, 1.165) is 21.3 Å². The first-order valence-corrected chi connectivity index (χ1v) is 9.57. The second-order valence-electron chi connectivity index (χ2n) is 6.94. The van der Waals surface area contributed by atoms with Crippen molar-refractivity contribution in [3.8, 4) is 11.8 Å². The Morgan fingerprint density at radius 3 is 2.44 bits per heavy atom. The van der Waals surface area contributed by atoms with Crippen LogP contribution in [0.3, 0.4) is 0 Å². The number of alkyl halides is 3. The van der Waals surface area contributed by atoms with Crippen LogP contribution in [0.15, 0.2) is 52.1 Å². The molecule has 0 N–H and O–H groups in total. The Kier molecular flexibility index (Phi) is 5.29. The first-order valence-electron chi connectivity index (χ1n) is 9.19. The largest absolute Gasteiger partial charge is 0.425 e. The number of aromatic nitrogens is 5. The van der Waals surface area contributed by atoms with E-state index in [1.54, 1.807) is 18.2 Å². The fourth-order valence-electron chi connectivity index (χ4n) is 3.19. The highest BCUT2D eigenvalue weighted by atomic mass is 35.5. The highest BCUT2D eigenvalue weighted by Crippen LogP contribution is 2.33. The Balaban J connectivity index is 1.92. The van der Waals surface area contributed by atoms with Crippen molar-refractivity contribution in [3.05, 3.63) is 79.7 Å². The van der Waals surface area contributed by atoms with E-state index in [1.165, 1.54) is 30.8 Å². The highest BCUT2D eigenvalue weighted by Gasteiger charge is 2.31. The molecule has 0 atom stereocenters. The lowest BCUT2D eigenvalue weighted by Gasteiger charge is -2.11. The fourth-order valence-corrected chi connectivity index (χ4v) is 3.37. The van der Waals surface area contributed by atoms with Gasteiger partial charge in [-0.3, -0.25) is 18.5 Å². The van der Waals surface area contributed by atoms with Crippen molar-refractivity contribution in [1.82, 2.24) is 23.7 Å². The van der Waals surface area contributed by atoms with Gasteiger partial charge in [0.25, 0.3) is 5.56 Å². The molecule has 0 fully saturated rings. The van der Waals surface area contributed by atoms with E-state index in [2.05, 4.69) is 9.97 Å². The Hall–Kier alpha value is -3.60. The number of imidazole rings is 1. The molecule has 4 rings (SSSR count). The van der Waals surface area contributed by atoms with Gasteiger partial charge in [-0.25, -0.2) is 9.78 Å². The predicted octanol–water partition coefficient (Wildman–Crippen LogP) is 3.34. The molecule has 32 heavy (non-hydrogen) atoms. The average molecular weight is 466 g/mol. The van der Waals surface area contributed by atoms with Gasteiger partial charge in [0.1, 0.15) is 10.9 Å². The molecule has 0 aliphatic heterocycles. The van der Waals surface area contributed by atoms with Gasteiger partial charge in [-0.2, -0.15) is 18.2 Å². The van der Waals surface area contributed by atoms with Gasteiger partial charge in [-0.05, 0) is 30.3 Å². The van der Waals surface area contributed by atoms with E-state index in [9.17, 15) is 22.8 Å². The first-order chi connectivity index (χ1) is 15.1. The standard InChI is InChI=1S/C20H15ClF3N5O3/c1-27-16-15(17(30)28(2)19(27)31)29(10-12-6-4-8-14(21)25-12)18(26-16)32-13-7-3-5-11(9-13)20(22,23)24/h3-9H,10H2,1-2H3. The number of ether oxygens (including phenoxy) is 1. The molecule has 0 spiro atoms. The van der Waals surface area contributed by atoms with E-state index < -0.39 is 23.0 Å². The zero-order chi connectivity index (χ0) is 23.2. The Morgan fingerprint density at radius 1 is 1.03 bits per heavy atom. The summed E-state index contributed by atoms with van der Waals surface area (Å²) in [6.45, 7) is -0.0290. The van der Waals surface area contributed by atoms with Gasteiger partial charge in [0.05, 0.1) is 17.8 Å². The topological polar surface area (TPSA) is 83.9 Å². The van der Waals surface area contributed by atoms with Crippen molar-refractivity contribution in [2.24, 2.45) is 14.1 Å². The van der Waals surface area contributed by atoms with Crippen LogP contribution in [0.4, 0.5) is 13.2 Å². The molecule has 0 radical (unpaired) electrons. The zero-order valence-electron chi connectivity index (χ0n) is 16.7. The summed E-state index contributed by atoms with van der Waals surface area (Å²) >= 11 is 5.95. The lowest BCUT2D eigenvalue weighted by molar-refractivity contribution is -0.137. The van der Waals surface area contributed by atoms with E-state index in [-0.39, 0.29) is 34.6 Å². The molecule has 0 amide bonds. The molecule has 0 aliphatic rings. The first kappa shape index (κ1) is 21.6. The summed E-state index contributed by atoms with van der Waals surface area (Å²) in [6.07, 6.45) is -4.57. The molecule has 3 heterocycles. The minimum Gasteiger partial charge on any atom is -0.425 e. The minimum atomic E-state index is -4.57. The molecule has 8 nitrogen and oxygen atoms in total. The highest BCUT2D eigenvalue weighted by molar-refractivity contribution is 6.29. The number of halogens is 4. The van der Waals surface area contributed by atoms with Crippen LogP contribution in [0.5, 0.6) is 11.8 Å². The molecule has 0 bridgehead atoms. The maximum absolute atomic E-state index is 13.1. The van der Waals surface area contributed by atoms with E-state index in [1.807, 2.05) is 0 Å². The lowest BCUT2D eigenvalue weighted by atomic mass is 10.2. The maximum Gasteiger partial charge on any atom is 0.416 e. The van der Waals surface area contributed by atoms with Gasteiger partial charge in [0, 0.05) is 14.1 Å². The van der Waals surface area contributed by atoms with Gasteiger partial charge in [0.2, 0.25) is 0 Å². The minimum absolute atomic E-state index is 0.0158. The smallest absolute Gasteiger partial charge is 0.416 e. The fraction of sp³-hybridized carbons (Fsp3) is 0.200. The Bertz CT molecular complexity index is 1460. The number of rotatable bonds is 4. The van der Waals surface area contributed by atoms with Crippen molar-refractivity contribution in [2.75, 3.05) is 0 Å². The lowest BCUT2D eigenvalue weighted by Crippen LogP contribution is -2.37. The SMILES string of the molecule is Cn1c(=O)c2c(nc(Oc3cccc(C(F)(F)F)c3)n2Cc2cccc(Cl)n2)n(C)c1=O. The molecular weight excluding hydrogens is 451 g/mol. The van der Waals surface area contributed by atoms with Crippen LogP contribution in [0.1, 0.15) is 11.3 Å². The maximum atomic E-state index is 13.1. The summed E-state index contributed by atoms with van der Waals surface area (Å²) in [5.41, 5.74) is -1.67. The number of fused-ring (bicyclic) bond motifs is 1. The molecule has 0 saturated carbocycles. The van der Waals surface area contributed by atoms with Crippen molar-refractivity contribution >= 4 is 22.8 Å². The third kappa shape index (κ3) is 3.86. The molecule has 0 aliphatic carbocycles. The average Bonchev–Trinajstić information content (AvgIpc) is 3.08. The second kappa shape index (κ2) is 7.83. The van der Waals surface area contributed by atoms with Gasteiger partial charge >= 0.3 is 17.9 Å². The number of aryl methyl sites for hydroxylation is 1. The molecule has 4 aromatic rings. The summed E-state index contributed by atoms with van der Waals surface area (Å²) in [5, 5.41) is 0.215. The summed E-state index contributed by atoms with van der Waals surface area (Å²) < 4.78 is 48.3. The third-order valence-corrected chi connectivity index (χ3v) is 4.99. The molecule has 0 unspecified atom stereocenters. The zero-order valence-corrected chi connectivity index (χ0v) is 17.5. The van der Waals surface area contributed by atoms with E-state index in [0.29, 0.717) is 5.69 Å². The monoisotopic (exact) mass is 465 g/mol. The van der Waals surface area contributed by atoms with E-state index >= 15 is 0 Å². The third-order valence-electron chi connectivity index (χ3n) is 4.78. The summed E-state index contributed by atoms with van der Waals surface area (Å²) in [4.78, 5) is 33.6. The van der Waals surface area contributed by atoms with Crippen LogP contribution in [0, 0.1) is 0 Å². The normalized spacial score (nSPS) is 11.8. The molecule has 3 aromatic heterocycles. The summed E-state index contributed by atoms with van der Waals surface area (Å²) in [5.74, 6) is -0.141. The number of benzene rings is 1. The molecular formula is C20H15ClF3N5O3. The number of nitrogens with zero attached hydrogens (tertiary/aromatic N) is 5. The summed E-state index contributed by atoms with van der Waals surface area (Å²) in [7, 11) is 2.74. The van der Waals surface area contributed by atoms with Gasteiger partial charge < -0.3 is 4.74 Å². The van der Waals surface area contributed by atoms with Gasteiger partial charge in [0.15, 0.2) is 11.2 Å². The van der Waals surface area contributed by atoms with E-state index in [4.69, 9.17) is 16.3 Å². The van der Waals surface area contributed by atoms with Crippen LogP contribution in [-0.2, 0) is 26.8 Å². The van der Waals surface area contributed by atoms with Crippen molar-refractivity contribution in [2.45, 2.75) is 12.7 Å². The second-order valence-corrected chi connectivity index (χ2v) is 7.33. The Labute approximate surface area is 183 Å². The van der Waals surface area contributed by atoms with Gasteiger partial charge in [-0.15, -0.1) is 0 Å². The van der Waals surface area contributed by atoms with Crippen molar-refractivity contribution in [3.63, 3.8) is 0 Å². The predicted molar refractivity (Wildman–Crippen MR) is 110 cm³/mol. The van der Waals surface area contributed by atoms with Crippen LogP contribution >= 0.6 is 11.6 Å². The van der Waals surface area contributed by atoms with Crippen LogP contribution in [-0.4, -0.2) is 23.7 Å². The number of hydrogen-bond acceptors (Lipinski definition) is 5. The van der Waals surface area contributed by atoms with Crippen LogP contribution in [0.25, 0.3) is 11.2 Å². The van der Waals surface area contributed by atoms with Gasteiger partial charge in [-0.1, -0.05) is 23.7 Å². The quantitative estimate of drug-likeness (QED) is 0.432. The van der Waals surface area contributed by atoms with Crippen LogP contribution < -0.4 is 16.0 Å². The molecule has 0 saturated heterocycles.